The van der Waals surface area contributed by atoms with Gasteiger partial charge in [0.15, 0.2) is 0 Å². The van der Waals surface area contributed by atoms with Crippen molar-refractivity contribution in [2.24, 2.45) is 0 Å². The van der Waals surface area contributed by atoms with Crippen molar-refractivity contribution in [2.45, 2.75) is 18.2 Å². The van der Waals surface area contributed by atoms with Gasteiger partial charge in [-0.3, -0.25) is 0 Å². The summed E-state index contributed by atoms with van der Waals surface area (Å²) in [5.41, 5.74) is 0. The maximum absolute atomic E-state index is 12.3. The minimum atomic E-state index is -3.50. The normalized spacial score (nSPS) is 11.5. The number of nitrogens with zero attached hydrogens (tertiary/aromatic N) is 1. The topological polar surface area (TPSA) is 67.9 Å². The van der Waals surface area contributed by atoms with Crippen molar-refractivity contribution >= 4 is 10.0 Å². The van der Waals surface area contributed by atoms with E-state index in [4.69, 9.17) is 9.47 Å². The first-order valence-electron chi connectivity index (χ1n) is 8.56. The van der Waals surface area contributed by atoms with Gasteiger partial charge in [-0.05, 0) is 82.5 Å². The third-order valence-corrected chi connectivity index (χ3v) is 5.06. The summed E-state index contributed by atoms with van der Waals surface area (Å²) in [5.74, 6) is 2.01. The van der Waals surface area contributed by atoms with Crippen molar-refractivity contribution in [2.75, 3.05) is 33.8 Å². The summed E-state index contributed by atoms with van der Waals surface area (Å²) < 4.78 is 38.3. The van der Waals surface area contributed by atoms with E-state index in [1.807, 2.05) is 50.2 Å². The van der Waals surface area contributed by atoms with Crippen LogP contribution >= 0.6 is 0 Å². The SMILES string of the molecule is CCOc1ccc(Oc2ccc(S(=O)(=O)NCCCN(C)C)cc2)cc1. The van der Waals surface area contributed by atoms with Crippen LogP contribution in [0.4, 0.5) is 0 Å². The zero-order valence-corrected chi connectivity index (χ0v) is 16.3. The van der Waals surface area contributed by atoms with E-state index in [0.717, 1.165) is 18.7 Å². The Balaban J connectivity index is 1.94. The summed E-state index contributed by atoms with van der Waals surface area (Å²) in [4.78, 5) is 2.24. The van der Waals surface area contributed by atoms with Gasteiger partial charge in [0.2, 0.25) is 10.0 Å². The molecule has 0 saturated heterocycles. The molecular formula is C19H26N2O4S. The molecule has 26 heavy (non-hydrogen) atoms. The lowest BCUT2D eigenvalue weighted by atomic mass is 10.3. The molecule has 6 nitrogen and oxygen atoms in total. The van der Waals surface area contributed by atoms with Gasteiger partial charge in [0.1, 0.15) is 17.2 Å². The van der Waals surface area contributed by atoms with Crippen molar-refractivity contribution in [1.82, 2.24) is 9.62 Å². The molecule has 2 aromatic rings. The van der Waals surface area contributed by atoms with E-state index < -0.39 is 10.0 Å². The van der Waals surface area contributed by atoms with Crippen LogP contribution in [0.15, 0.2) is 53.4 Å². The second-order valence-corrected chi connectivity index (χ2v) is 7.80. The standard InChI is InChI=1S/C19H26N2O4S/c1-4-24-16-6-8-17(9-7-16)25-18-10-12-19(13-11-18)26(22,23)20-14-5-15-21(2)3/h6-13,20H,4-5,14-15H2,1-3H3. The first-order valence-corrected chi connectivity index (χ1v) is 10.0. The van der Waals surface area contributed by atoms with E-state index in [0.29, 0.717) is 24.7 Å². The van der Waals surface area contributed by atoms with Crippen LogP contribution in [0, 0.1) is 0 Å². The smallest absolute Gasteiger partial charge is 0.240 e. The van der Waals surface area contributed by atoms with Gasteiger partial charge in [-0.25, -0.2) is 13.1 Å². The van der Waals surface area contributed by atoms with Crippen LogP contribution in [0.3, 0.4) is 0 Å². The zero-order chi connectivity index (χ0) is 19.0. The predicted molar refractivity (Wildman–Crippen MR) is 102 cm³/mol. The molecule has 0 spiro atoms. The van der Waals surface area contributed by atoms with Crippen LogP contribution in [0.2, 0.25) is 0 Å². The molecule has 0 amide bonds. The van der Waals surface area contributed by atoms with Gasteiger partial charge in [0, 0.05) is 6.54 Å². The molecule has 0 bridgehead atoms. The highest BCUT2D eigenvalue weighted by Crippen LogP contribution is 2.25. The number of ether oxygens (including phenoxy) is 2. The van der Waals surface area contributed by atoms with Gasteiger partial charge in [-0.2, -0.15) is 0 Å². The molecule has 142 valence electrons. The van der Waals surface area contributed by atoms with Crippen LogP contribution in [0.5, 0.6) is 17.2 Å². The minimum Gasteiger partial charge on any atom is -0.494 e. The first kappa shape index (κ1) is 20.2. The van der Waals surface area contributed by atoms with E-state index in [1.54, 1.807) is 12.1 Å². The summed E-state index contributed by atoms with van der Waals surface area (Å²) in [5, 5.41) is 0. The fourth-order valence-corrected chi connectivity index (χ4v) is 3.35. The Morgan fingerprint density at radius 3 is 2.00 bits per heavy atom. The fourth-order valence-electron chi connectivity index (χ4n) is 2.28. The molecule has 0 aliphatic carbocycles. The maximum Gasteiger partial charge on any atom is 0.240 e. The van der Waals surface area contributed by atoms with Gasteiger partial charge in [-0.1, -0.05) is 0 Å². The highest BCUT2D eigenvalue weighted by molar-refractivity contribution is 7.89. The lowest BCUT2D eigenvalue weighted by Crippen LogP contribution is -2.27. The maximum atomic E-state index is 12.3. The van der Waals surface area contributed by atoms with Gasteiger partial charge in [0.05, 0.1) is 11.5 Å². The molecule has 7 heteroatoms. The Kier molecular flexibility index (Phi) is 7.44. The molecule has 0 unspecified atom stereocenters. The zero-order valence-electron chi connectivity index (χ0n) is 15.4. The fraction of sp³-hybridized carbons (Fsp3) is 0.368. The van der Waals surface area contributed by atoms with Crippen LogP contribution in [-0.2, 0) is 10.0 Å². The van der Waals surface area contributed by atoms with Gasteiger partial charge in [0.25, 0.3) is 0 Å². The Morgan fingerprint density at radius 1 is 0.923 bits per heavy atom. The van der Waals surface area contributed by atoms with Crippen molar-refractivity contribution in [3.05, 3.63) is 48.5 Å². The largest absolute Gasteiger partial charge is 0.494 e. The highest BCUT2D eigenvalue weighted by Gasteiger charge is 2.13. The number of hydrogen-bond acceptors (Lipinski definition) is 5. The van der Waals surface area contributed by atoms with E-state index in [-0.39, 0.29) is 4.90 Å². The number of nitrogens with one attached hydrogen (secondary N) is 1. The molecule has 0 aliphatic heterocycles. The summed E-state index contributed by atoms with van der Waals surface area (Å²) >= 11 is 0. The third-order valence-electron chi connectivity index (χ3n) is 3.58. The van der Waals surface area contributed by atoms with Crippen LogP contribution in [0.1, 0.15) is 13.3 Å². The second-order valence-electron chi connectivity index (χ2n) is 6.03. The average molecular weight is 378 g/mol. The van der Waals surface area contributed by atoms with E-state index >= 15 is 0 Å². The number of rotatable bonds is 10. The molecule has 0 atom stereocenters. The number of hydrogen-bond donors (Lipinski definition) is 1. The van der Waals surface area contributed by atoms with Crippen LogP contribution in [-0.4, -0.2) is 47.1 Å². The van der Waals surface area contributed by atoms with Crippen LogP contribution < -0.4 is 14.2 Å². The number of sulfonamides is 1. The van der Waals surface area contributed by atoms with Crippen molar-refractivity contribution in [3.63, 3.8) is 0 Å². The Hall–Kier alpha value is -2.09. The molecule has 0 fully saturated rings. The van der Waals surface area contributed by atoms with Gasteiger partial charge in [-0.15, -0.1) is 0 Å². The molecule has 2 aromatic carbocycles. The molecule has 1 N–H and O–H groups in total. The first-order chi connectivity index (χ1) is 12.4. The highest BCUT2D eigenvalue weighted by atomic mass is 32.2. The molecule has 0 heterocycles. The molecule has 0 aliphatic rings. The molecule has 2 rings (SSSR count). The Morgan fingerprint density at radius 2 is 1.46 bits per heavy atom. The monoisotopic (exact) mass is 378 g/mol. The lowest BCUT2D eigenvalue weighted by molar-refractivity contribution is 0.339. The van der Waals surface area contributed by atoms with Crippen molar-refractivity contribution < 1.29 is 17.9 Å². The van der Waals surface area contributed by atoms with Gasteiger partial charge < -0.3 is 14.4 Å². The van der Waals surface area contributed by atoms with E-state index in [2.05, 4.69) is 4.72 Å². The molecule has 0 aromatic heterocycles. The summed E-state index contributed by atoms with van der Waals surface area (Å²) in [6, 6.07) is 13.6. The Bertz CT molecular complexity index is 772. The molecular weight excluding hydrogens is 352 g/mol. The van der Waals surface area contributed by atoms with E-state index in [1.165, 1.54) is 12.1 Å². The number of benzene rings is 2. The van der Waals surface area contributed by atoms with Crippen molar-refractivity contribution in [3.8, 4) is 17.2 Å². The second kappa shape index (κ2) is 9.56. The molecule has 0 radical (unpaired) electrons. The summed E-state index contributed by atoms with van der Waals surface area (Å²) in [6.45, 7) is 3.78. The van der Waals surface area contributed by atoms with Gasteiger partial charge >= 0.3 is 0 Å². The molecule has 0 saturated carbocycles. The quantitative estimate of drug-likeness (QED) is 0.644. The Labute approximate surface area is 155 Å². The minimum absolute atomic E-state index is 0.224. The average Bonchev–Trinajstić information content (AvgIpc) is 2.61. The predicted octanol–water partition coefficient (Wildman–Crippen LogP) is 3.11. The third kappa shape index (κ3) is 6.33. The van der Waals surface area contributed by atoms with Crippen molar-refractivity contribution in [1.29, 1.82) is 0 Å². The van der Waals surface area contributed by atoms with E-state index in [9.17, 15) is 8.42 Å². The lowest BCUT2D eigenvalue weighted by Gasteiger charge is -2.11. The summed E-state index contributed by atoms with van der Waals surface area (Å²) in [6.07, 6.45) is 0.755. The summed E-state index contributed by atoms with van der Waals surface area (Å²) in [7, 11) is 0.412. The van der Waals surface area contributed by atoms with Crippen LogP contribution in [0.25, 0.3) is 0 Å².